The molecule has 1 aromatic rings. The Hall–Kier alpha value is -0.860. The topological polar surface area (TPSA) is 15.8 Å². The van der Waals surface area contributed by atoms with Gasteiger partial charge in [0.1, 0.15) is 0 Å². The van der Waals surface area contributed by atoms with Gasteiger partial charge in [0.05, 0.1) is 12.7 Å². The van der Waals surface area contributed by atoms with E-state index in [1.165, 1.54) is 57.2 Å². The van der Waals surface area contributed by atoms with Crippen molar-refractivity contribution in [3.05, 3.63) is 35.9 Å². The molecule has 1 unspecified atom stereocenters. The molecule has 1 saturated carbocycles. The molecule has 1 aliphatic carbocycles. The van der Waals surface area contributed by atoms with Crippen molar-refractivity contribution in [3.63, 3.8) is 0 Å². The molecule has 4 rings (SSSR count). The van der Waals surface area contributed by atoms with Crippen molar-refractivity contribution in [2.45, 2.75) is 56.6 Å². The van der Waals surface area contributed by atoms with Gasteiger partial charge in [0, 0.05) is 12.6 Å². The standard InChI is InChI=1S/C19H27NO/c1-3-7-15(8-4-1)17-11-12-20(13-17)19(18-14-21-18)16-9-5-2-6-10-16/h1,3-4,7-8,16-19H,2,5-6,9-14H2/t17-,18+,19?/m1/s1. The Morgan fingerprint density at radius 3 is 2.48 bits per heavy atom. The van der Waals surface area contributed by atoms with E-state index in [9.17, 15) is 0 Å². The summed E-state index contributed by atoms with van der Waals surface area (Å²) in [5.74, 6) is 1.62. The molecule has 21 heavy (non-hydrogen) atoms. The van der Waals surface area contributed by atoms with E-state index in [-0.39, 0.29) is 0 Å². The summed E-state index contributed by atoms with van der Waals surface area (Å²) < 4.78 is 5.74. The minimum atomic E-state index is 0.544. The molecule has 2 nitrogen and oxygen atoms in total. The summed E-state index contributed by atoms with van der Waals surface area (Å²) >= 11 is 0. The van der Waals surface area contributed by atoms with Crippen molar-refractivity contribution >= 4 is 0 Å². The first-order chi connectivity index (χ1) is 10.4. The maximum Gasteiger partial charge on any atom is 0.0967 e. The molecule has 2 saturated heterocycles. The van der Waals surface area contributed by atoms with Crippen LogP contribution in [-0.4, -0.2) is 36.7 Å². The number of benzene rings is 1. The third-order valence-electron chi connectivity index (χ3n) is 5.79. The lowest BCUT2D eigenvalue weighted by Gasteiger charge is -2.36. The fourth-order valence-electron chi connectivity index (χ4n) is 4.62. The van der Waals surface area contributed by atoms with E-state index in [1.807, 2.05) is 0 Å². The highest BCUT2D eigenvalue weighted by Gasteiger charge is 2.43. The Balaban J connectivity index is 1.45. The van der Waals surface area contributed by atoms with Gasteiger partial charge in [-0.05, 0) is 43.2 Å². The van der Waals surface area contributed by atoms with E-state index < -0.39 is 0 Å². The summed E-state index contributed by atoms with van der Waals surface area (Å²) in [6.07, 6.45) is 9.03. The molecule has 3 fully saturated rings. The highest BCUT2D eigenvalue weighted by molar-refractivity contribution is 5.21. The van der Waals surface area contributed by atoms with E-state index >= 15 is 0 Å². The quantitative estimate of drug-likeness (QED) is 0.782. The van der Waals surface area contributed by atoms with Gasteiger partial charge < -0.3 is 4.74 Å². The van der Waals surface area contributed by atoms with Crippen molar-refractivity contribution in [2.24, 2.45) is 5.92 Å². The smallest absolute Gasteiger partial charge is 0.0967 e. The largest absolute Gasteiger partial charge is 0.371 e. The molecule has 0 aromatic heterocycles. The van der Waals surface area contributed by atoms with Gasteiger partial charge in [0.2, 0.25) is 0 Å². The molecule has 3 atom stereocenters. The molecular formula is C19H27NO. The highest BCUT2D eigenvalue weighted by Crippen LogP contribution is 2.38. The van der Waals surface area contributed by atoms with Crippen LogP contribution in [0, 0.1) is 5.92 Å². The molecule has 3 aliphatic rings. The lowest BCUT2D eigenvalue weighted by atomic mass is 9.82. The normalized spacial score (nSPS) is 32.2. The second kappa shape index (κ2) is 6.10. The third kappa shape index (κ3) is 3.02. The van der Waals surface area contributed by atoms with Crippen LogP contribution in [0.2, 0.25) is 0 Å². The average Bonchev–Trinajstić information content (AvgIpc) is 3.26. The summed E-state index contributed by atoms with van der Waals surface area (Å²) in [6.45, 7) is 3.51. The molecule has 0 radical (unpaired) electrons. The number of rotatable bonds is 4. The lowest BCUT2D eigenvalue weighted by molar-refractivity contribution is 0.111. The first kappa shape index (κ1) is 13.8. The van der Waals surface area contributed by atoms with Gasteiger partial charge >= 0.3 is 0 Å². The second-order valence-electron chi connectivity index (χ2n) is 7.15. The fourth-order valence-corrected chi connectivity index (χ4v) is 4.62. The number of nitrogens with zero attached hydrogens (tertiary/aromatic N) is 1. The van der Waals surface area contributed by atoms with Crippen LogP contribution in [0.3, 0.4) is 0 Å². The van der Waals surface area contributed by atoms with Crippen LogP contribution in [-0.2, 0) is 4.74 Å². The van der Waals surface area contributed by atoms with Crippen molar-refractivity contribution in [1.29, 1.82) is 0 Å². The molecule has 0 N–H and O–H groups in total. The maximum absolute atomic E-state index is 5.74. The molecular weight excluding hydrogens is 258 g/mol. The summed E-state index contributed by atoms with van der Waals surface area (Å²) in [5, 5.41) is 0. The van der Waals surface area contributed by atoms with Gasteiger partial charge in [-0.1, -0.05) is 49.6 Å². The first-order valence-corrected chi connectivity index (χ1v) is 8.82. The maximum atomic E-state index is 5.74. The zero-order valence-electron chi connectivity index (χ0n) is 12.9. The highest BCUT2D eigenvalue weighted by atomic mass is 16.6. The summed E-state index contributed by atoms with van der Waals surface area (Å²) in [5.41, 5.74) is 1.53. The summed E-state index contributed by atoms with van der Waals surface area (Å²) in [4.78, 5) is 2.77. The third-order valence-corrected chi connectivity index (χ3v) is 5.79. The minimum absolute atomic E-state index is 0.544. The molecule has 114 valence electrons. The number of likely N-dealkylation sites (tertiary alicyclic amines) is 1. The van der Waals surface area contributed by atoms with E-state index in [0.29, 0.717) is 12.1 Å². The zero-order chi connectivity index (χ0) is 14.1. The number of hydrogen-bond acceptors (Lipinski definition) is 2. The van der Waals surface area contributed by atoms with Gasteiger partial charge in [0.15, 0.2) is 0 Å². The predicted molar refractivity (Wildman–Crippen MR) is 85.5 cm³/mol. The Bertz CT molecular complexity index is 450. The van der Waals surface area contributed by atoms with Crippen molar-refractivity contribution in [1.82, 2.24) is 4.90 Å². The Kier molecular flexibility index (Phi) is 4.00. The predicted octanol–water partition coefficient (Wildman–Crippen LogP) is 3.82. The average molecular weight is 285 g/mol. The van der Waals surface area contributed by atoms with Crippen LogP contribution in [0.15, 0.2) is 30.3 Å². The van der Waals surface area contributed by atoms with E-state index in [2.05, 4.69) is 35.2 Å². The first-order valence-electron chi connectivity index (χ1n) is 8.82. The van der Waals surface area contributed by atoms with Crippen LogP contribution >= 0.6 is 0 Å². The minimum Gasteiger partial charge on any atom is -0.371 e. The van der Waals surface area contributed by atoms with Crippen molar-refractivity contribution in [3.8, 4) is 0 Å². The van der Waals surface area contributed by atoms with Crippen molar-refractivity contribution in [2.75, 3.05) is 19.7 Å². The van der Waals surface area contributed by atoms with E-state index in [1.54, 1.807) is 0 Å². The summed E-state index contributed by atoms with van der Waals surface area (Å²) in [6, 6.07) is 11.8. The van der Waals surface area contributed by atoms with Gasteiger partial charge in [-0.2, -0.15) is 0 Å². The number of ether oxygens (including phenoxy) is 1. The van der Waals surface area contributed by atoms with Crippen LogP contribution in [0.1, 0.15) is 50.0 Å². The van der Waals surface area contributed by atoms with E-state index in [4.69, 9.17) is 4.74 Å². The fraction of sp³-hybridized carbons (Fsp3) is 0.684. The molecule has 1 aromatic carbocycles. The Morgan fingerprint density at radius 1 is 1.00 bits per heavy atom. The van der Waals surface area contributed by atoms with Crippen LogP contribution in [0.5, 0.6) is 0 Å². The van der Waals surface area contributed by atoms with Crippen LogP contribution in [0.4, 0.5) is 0 Å². The molecule has 0 spiro atoms. The number of hydrogen-bond donors (Lipinski definition) is 0. The van der Waals surface area contributed by atoms with Gasteiger partial charge in [-0.15, -0.1) is 0 Å². The second-order valence-corrected chi connectivity index (χ2v) is 7.15. The van der Waals surface area contributed by atoms with Crippen LogP contribution < -0.4 is 0 Å². The monoisotopic (exact) mass is 285 g/mol. The molecule has 2 heteroatoms. The summed E-state index contributed by atoms with van der Waals surface area (Å²) in [7, 11) is 0. The zero-order valence-corrected chi connectivity index (χ0v) is 12.9. The lowest BCUT2D eigenvalue weighted by Crippen LogP contribution is -2.44. The van der Waals surface area contributed by atoms with Crippen LogP contribution in [0.25, 0.3) is 0 Å². The molecule has 0 amide bonds. The number of epoxide rings is 1. The molecule has 0 bridgehead atoms. The van der Waals surface area contributed by atoms with Gasteiger partial charge in [-0.25, -0.2) is 0 Å². The SMILES string of the molecule is c1ccc([C@@H]2CCN(C(C3CCCCC3)[C@@H]3CO3)C2)cc1. The van der Waals surface area contributed by atoms with Gasteiger partial charge in [0.25, 0.3) is 0 Å². The molecule has 2 heterocycles. The Morgan fingerprint density at radius 2 is 1.76 bits per heavy atom. The molecule has 2 aliphatic heterocycles. The Labute approximate surface area is 128 Å². The van der Waals surface area contributed by atoms with Crippen molar-refractivity contribution < 1.29 is 4.74 Å². The van der Waals surface area contributed by atoms with Gasteiger partial charge in [-0.3, -0.25) is 4.90 Å². The van der Waals surface area contributed by atoms with E-state index in [0.717, 1.165) is 18.4 Å².